The summed E-state index contributed by atoms with van der Waals surface area (Å²) < 4.78 is 0. The van der Waals surface area contributed by atoms with E-state index < -0.39 is 0 Å². The first-order valence-corrected chi connectivity index (χ1v) is 6.24. The van der Waals surface area contributed by atoms with Gasteiger partial charge in [-0.15, -0.1) is 0 Å². The fraction of sp³-hybridized carbons (Fsp3) is 0.143. The summed E-state index contributed by atoms with van der Waals surface area (Å²) in [6, 6.07) is 10.7. The highest BCUT2D eigenvalue weighted by atomic mass is 35.5. The Labute approximate surface area is 116 Å². The topological polar surface area (TPSA) is 54.0 Å². The van der Waals surface area contributed by atoms with Crippen LogP contribution in [0.1, 0.15) is 11.3 Å². The average Bonchev–Trinajstić information content (AvgIpc) is 2.41. The fourth-order valence-corrected chi connectivity index (χ4v) is 1.84. The Bertz CT molecular complexity index is 572. The van der Waals surface area contributed by atoms with E-state index in [0.29, 0.717) is 17.3 Å². The SMILES string of the molecule is Cc1ccc(NC(=O)NCc2ccccn2)c(Cl)c1. The third-order valence-electron chi connectivity index (χ3n) is 2.53. The summed E-state index contributed by atoms with van der Waals surface area (Å²) in [6.07, 6.45) is 1.69. The van der Waals surface area contributed by atoms with Crippen molar-refractivity contribution in [1.29, 1.82) is 0 Å². The molecule has 4 nitrogen and oxygen atoms in total. The number of rotatable bonds is 3. The van der Waals surface area contributed by atoms with Crippen LogP contribution in [0.25, 0.3) is 0 Å². The van der Waals surface area contributed by atoms with E-state index in [4.69, 9.17) is 11.6 Å². The van der Waals surface area contributed by atoms with Gasteiger partial charge in [-0.1, -0.05) is 23.7 Å². The molecule has 2 aromatic rings. The summed E-state index contributed by atoms with van der Waals surface area (Å²) in [4.78, 5) is 15.8. The minimum Gasteiger partial charge on any atom is -0.332 e. The molecule has 0 aliphatic heterocycles. The molecule has 0 aliphatic carbocycles. The fourth-order valence-electron chi connectivity index (χ4n) is 1.56. The molecule has 2 amide bonds. The van der Waals surface area contributed by atoms with Gasteiger partial charge in [0.1, 0.15) is 0 Å². The molecule has 0 radical (unpaired) electrons. The van der Waals surface area contributed by atoms with E-state index in [9.17, 15) is 4.79 Å². The van der Waals surface area contributed by atoms with Gasteiger partial charge < -0.3 is 10.6 Å². The van der Waals surface area contributed by atoms with Crippen LogP contribution in [0.5, 0.6) is 0 Å². The first kappa shape index (κ1) is 13.4. The molecule has 98 valence electrons. The summed E-state index contributed by atoms with van der Waals surface area (Å²) in [6.45, 7) is 2.31. The zero-order valence-electron chi connectivity index (χ0n) is 10.5. The number of halogens is 1. The standard InChI is InChI=1S/C14H14ClN3O/c1-10-5-6-13(12(15)8-10)18-14(19)17-9-11-4-2-3-7-16-11/h2-8H,9H2,1H3,(H2,17,18,19). The monoisotopic (exact) mass is 275 g/mol. The number of pyridine rings is 1. The maximum Gasteiger partial charge on any atom is 0.319 e. The number of nitrogens with zero attached hydrogens (tertiary/aromatic N) is 1. The van der Waals surface area contributed by atoms with Gasteiger partial charge in [0.05, 0.1) is 22.9 Å². The van der Waals surface area contributed by atoms with Crippen molar-refractivity contribution in [1.82, 2.24) is 10.3 Å². The van der Waals surface area contributed by atoms with E-state index in [1.807, 2.05) is 31.2 Å². The van der Waals surface area contributed by atoms with Gasteiger partial charge in [-0.05, 0) is 36.8 Å². The second-order valence-corrected chi connectivity index (χ2v) is 4.52. The van der Waals surface area contributed by atoms with E-state index in [1.54, 1.807) is 18.3 Å². The Morgan fingerprint density at radius 2 is 2.16 bits per heavy atom. The average molecular weight is 276 g/mol. The molecular weight excluding hydrogens is 262 g/mol. The number of urea groups is 1. The summed E-state index contributed by atoms with van der Waals surface area (Å²) in [7, 11) is 0. The van der Waals surface area contributed by atoms with Crippen molar-refractivity contribution in [2.75, 3.05) is 5.32 Å². The molecule has 5 heteroatoms. The maximum atomic E-state index is 11.7. The molecule has 0 saturated heterocycles. The number of amides is 2. The van der Waals surface area contributed by atoms with Gasteiger partial charge in [-0.3, -0.25) is 4.98 Å². The van der Waals surface area contributed by atoms with Crippen LogP contribution in [-0.4, -0.2) is 11.0 Å². The number of nitrogens with one attached hydrogen (secondary N) is 2. The molecule has 0 aliphatic rings. The first-order chi connectivity index (χ1) is 9.15. The molecule has 1 heterocycles. The number of hydrogen-bond acceptors (Lipinski definition) is 2. The molecular formula is C14H14ClN3O. The highest BCUT2D eigenvalue weighted by Gasteiger charge is 2.05. The minimum absolute atomic E-state index is 0.309. The van der Waals surface area contributed by atoms with Crippen LogP contribution in [0.4, 0.5) is 10.5 Å². The molecule has 0 saturated carbocycles. The third kappa shape index (κ3) is 3.96. The van der Waals surface area contributed by atoms with Crippen molar-refractivity contribution in [2.45, 2.75) is 13.5 Å². The number of aromatic nitrogens is 1. The Balaban J connectivity index is 1.91. The second kappa shape index (κ2) is 6.20. The van der Waals surface area contributed by atoms with Gasteiger partial charge in [0.25, 0.3) is 0 Å². The summed E-state index contributed by atoms with van der Waals surface area (Å²) in [5, 5.41) is 5.94. The number of carbonyl (C=O) groups is 1. The Morgan fingerprint density at radius 1 is 1.32 bits per heavy atom. The number of anilines is 1. The van der Waals surface area contributed by atoms with Crippen LogP contribution < -0.4 is 10.6 Å². The number of hydrogen-bond donors (Lipinski definition) is 2. The lowest BCUT2D eigenvalue weighted by atomic mass is 10.2. The molecule has 19 heavy (non-hydrogen) atoms. The zero-order valence-corrected chi connectivity index (χ0v) is 11.2. The Morgan fingerprint density at radius 3 is 2.84 bits per heavy atom. The predicted molar refractivity (Wildman–Crippen MR) is 76.3 cm³/mol. The lowest BCUT2D eigenvalue weighted by Gasteiger charge is -2.09. The van der Waals surface area contributed by atoms with Crippen LogP contribution in [0.2, 0.25) is 5.02 Å². The lowest BCUT2D eigenvalue weighted by Crippen LogP contribution is -2.28. The van der Waals surface area contributed by atoms with E-state index in [2.05, 4.69) is 15.6 Å². The van der Waals surface area contributed by atoms with Gasteiger partial charge >= 0.3 is 6.03 Å². The highest BCUT2D eigenvalue weighted by Crippen LogP contribution is 2.22. The van der Waals surface area contributed by atoms with Gasteiger partial charge in [0.2, 0.25) is 0 Å². The molecule has 0 bridgehead atoms. The van der Waals surface area contributed by atoms with E-state index in [-0.39, 0.29) is 6.03 Å². The molecule has 2 N–H and O–H groups in total. The van der Waals surface area contributed by atoms with Crippen LogP contribution >= 0.6 is 11.6 Å². The second-order valence-electron chi connectivity index (χ2n) is 4.11. The quantitative estimate of drug-likeness (QED) is 0.902. The van der Waals surface area contributed by atoms with Crippen molar-refractivity contribution in [3.8, 4) is 0 Å². The first-order valence-electron chi connectivity index (χ1n) is 5.86. The summed E-state index contributed by atoms with van der Waals surface area (Å²) in [5.74, 6) is 0. The molecule has 2 rings (SSSR count). The van der Waals surface area contributed by atoms with Crippen molar-refractivity contribution < 1.29 is 4.79 Å². The number of benzene rings is 1. The number of aryl methyl sites for hydroxylation is 1. The molecule has 1 aromatic carbocycles. The van der Waals surface area contributed by atoms with Crippen molar-refractivity contribution in [3.63, 3.8) is 0 Å². The lowest BCUT2D eigenvalue weighted by molar-refractivity contribution is 0.251. The normalized spacial score (nSPS) is 10.0. The minimum atomic E-state index is -0.309. The van der Waals surface area contributed by atoms with E-state index in [0.717, 1.165) is 11.3 Å². The van der Waals surface area contributed by atoms with Crippen LogP contribution in [0.15, 0.2) is 42.6 Å². The van der Waals surface area contributed by atoms with Crippen molar-refractivity contribution in [3.05, 3.63) is 58.9 Å². The predicted octanol–water partition coefficient (Wildman–Crippen LogP) is 3.37. The van der Waals surface area contributed by atoms with Crippen molar-refractivity contribution in [2.24, 2.45) is 0 Å². The Kier molecular flexibility index (Phi) is 4.36. The largest absolute Gasteiger partial charge is 0.332 e. The van der Waals surface area contributed by atoms with Crippen LogP contribution in [0, 0.1) is 6.92 Å². The smallest absolute Gasteiger partial charge is 0.319 e. The zero-order chi connectivity index (χ0) is 13.7. The van der Waals surface area contributed by atoms with Crippen LogP contribution in [-0.2, 0) is 6.54 Å². The van der Waals surface area contributed by atoms with Crippen LogP contribution in [0.3, 0.4) is 0 Å². The molecule has 0 spiro atoms. The van der Waals surface area contributed by atoms with E-state index in [1.165, 1.54) is 0 Å². The molecule has 0 unspecified atom stereocenters. The molecule has 1 aromatic heterocycles. The van der Waals surface area contributed by atoms with Gasteiger partial charge in [0, 0.05) is 6.20 Å². The molecule has 0 atom stereocenters. The van der Waals surface area contributed by atoms with Gasteiger partial charge in [0.15, 0.2) is 0 Å². The van der Waals surface area contributed by atoms with E-state index >= 15 is 0 Å². The highest BCUT2D eigenvalue weighted by molar-refractivity contribution is 6.33. The van der Waals surface area contributed by atoms with Gasteiger partial charge in [-0.2, -0.15) is 0 Å². The Hall–Kier alpha value is -2.07. The molecule has 0 fully saturated rings. The summed E-state index contributed by atoms with van der Waals surface area (Å²) in [5.41, 5.74) is 2.43. The summed E-state index contributed by atoms with van der Waals surface area (Å²) >= 11 is 6.04. The number of carbonyl (C=O) groups excluding carboxylic acids is 1. The van der Waals surface area contributed by atoms with Crippen molar-refractivity contribution >= 4 is 23.3 Å². The maximum absolute atomic E-state index is 11.7. The van der Waals surface area contributed by atoms with Gasteiger partial charge in [-0.25, -0.2) is 4.79 Å². The third-order valence-corrected chi connectivity index (χ3v) is 2.84.